The first-order valence-electron chi connectivity index (χ1n) is 43.9. The zero-order chi connectivity index (χ0) is 77.8. The number of fused-ring (bicyclic) bond motifs is 5. The number of hydrogen-bond acceptors (Lipinski definition) is 13. The van der Waals surface area contributed by atoms with Crippen LogP contribution in [0.5, 0.6) is 0 Å². The van der Waals surface area contributed by atoms with Gasteiger partial charge in [0.05, 0.1) is 36.7 Å². The number of alkyl carbamates (subject to hydrolysis) is 2. The maximum absolute atomic E-state index is 13.4. The number of unbranched alkanes of at least 4 members (excludes halogenated alkanes) is 35. The molecule has 616 valence electrons. The summed E-state index contributed by atoms with van der Waals surface area (Å²) in [7, 11) is 0. The van der Waals surface area contributed by atoms with Crippen LogP contribution in [0.25, 0.3) is 22.5 Å². The van der Waals surface area contributed by atoms with E-state index in [0.29, 0.717) is 123 Å². The molecule has 1 aliphatic rings. The second-order valence-corrected chi connectivity index (χ2v) is 31.5. The maximum atomic E-state index is 13.4. The molecular formula is C89H154N8O11. The fraction of sp³-hybridized carbons (Fsp3) is 0.787. The van der Waals surface area contributed by atoms with Gasteiger partial charge in [0.25, 0.3) is 0 Å². The fourth-order valence-corrected chi connectivity index (χ4v) is 14.2. The molecule has 19 nitrogen and oxygen atoms in total. The van der Waals surface area contributed by atoms with Crippen LogP contribution in [0, 0.1) is 0 Å². The molecule has 5 amide bonds. The van der Waals surface area contributed by atoms with Crippen molar-refractivity contribution >= 4 is 29.9 Å². The predicted molar refractivity (Wildman–Crippen MR) is 440 cm³/mol. The molecule has 0 aliphatic heterocycles. The lowest BCUT2D eigenvalue weighted by Crippen LogP contribution is -2.38. The van der Waals surface area contributed by atoms with E-state index in [1.54, 1.807) is 0 Å². The molecule has 0 saturated carbocycles. The number of amides is 5. The molecule has 0 radical (unpaired) electrons. The fourth-order valence-electron chi connectivity index (χ4n) is 14.2. The maximum Gasteiger partial charge on any atom is 0.409 e. The highest BCUT2D eigenvalue weighted by molar-refractivity contribution is 5.83. The van der Waals surface area contributed by atoms with E-state index in [1.807, 2.05) is 74.8 Å². The summed E-state index contributed by atoms with van der Waals surface area (Å²) in [6, 6.07) is 16.1. The van der Waals surface area contributed by atoms with Crippen LogP contribution in [0.15, 0.2) is 48.5 Å². The second-order valence-electron chi connectivity index (χ2n) is 31.5. The molecule has 4 unspecified atom stereocenters. The first-order valence-corrected chi connectivity index (χ1v) is 43.9. The Bertz CT molecular complexity index is 2800. The Morgan fingerprint density at radius 2 is 0.926 bits per heavy atom. The minimum absolute atomic E-state index is 0.00584. The van der Waals surface area contributed by atoms with E-state index in [-0.39, 0.29) is 23.8 Å². The molecular weight excluding hydrogens is 1360 g/mol. The number of carbonyl (C=O) groups excluding carboxylic acids is 5. The molecule has 108 heavy (non-hydrogen) atoms. The molecule has 4 atom stereocenters. The molecule has 1 heterocycles. The van der Waals surface area contributed by atoms with Crippen molar-refractivity contribution in [2.24, 2.45) is 0 Å². The van der Waals surface area contributed by atoms with Gasteiger partial charge in [-0.15, -0.1) is 5.10 Å². The summed E-state index contributed by atoms with van der Waals surface area (Å²) in [5.74, 6) is 0.0472. The van der Waals surface area contributed by atoms with E-state index in [1.165, 1.54) is 173 Å². The molecule has 0 fully saturated rings. The van der Waals surface area contributed by atoms with Gasteiger partial charge in [0.2, 0.25) is 24.0 Å². The SMILES string of the molecule is CCCCCCCCCCCCCCCCCCOC(C)C(OCCCCCCCCCCCCCCCCC)OC(=O)NCCCCCC(=O)NCCC(C)(C)OCCC(C)(CC)OCCNC(=O)CCCCCNC(=O)OC1Cc2ccccc2-c2nnn(CCCCCC(=O)NCC)c2-c2ccccc21. The molecule has 2 aromatic carbocycles. The van der Waals surface area contributed by atoms with Crippen LogP contribution in [0.1, 0.15) is 368 Å². The van der Waals surface area contributed by atoms with E-state index in [9.17, 15) is 24.0 Å². The lowest BCUT2D eigenvalue weighted by Gasteiger charge is -2.32. The van der Waals surface area contributed by atoms with Gasteiger partial charge in [-0.2, -0.15) is 0 Å². The largest absolute Gasteiger partial charge is 0.441 e. The number of nitrogens with zero attached hydrogens (tertiary/aromatic N) is 3. The minimum Gasteiger partial charge on any atom is -0.441 e. The van der Waals surface area contributed by atoms with Gasteiger partial charge in [0.1, 0.15) is 17.9 Å². The highest BCUT2D eigenvalue weighted by Crippen LogP contribution is 2.42. The van der Waals surface area contributed by atoms with Gasteiger partial charge in [-0.25, -0.2) is 14.3 Å². The van der Waals surface area contributed by atoms with Crippen molar-refractivity contribution in [2.75, 3.05) is 59.2 Å². The highest BCUT2D eigenvalue weighted by atomic mass is 16.7. The first-order chi connectivity index (χ1) is 52.6. The van der Waals surface area contributed by atoms with E-state index < -0.39 is 35.8 Å². The lowest BCUT2D eigenvalue weighted by atomic mass is 9.87. The first kappa shape index (κ1) is 94.7. The van der Waals surface area contributed by atoms with E-state index in [2.05, 4.69) is 70.7 Å². The van der Waals surface area contributed by atoms with Crippen LogP contribution in [-0.2, 0) is 55.8 Å². The molecule has 4 rings (SSSR count). The minimum atomic E-state index is -0.774. The lowest BCUT2D eigenvalue weighted by molar-refractivity contribution is -0.174. The summed E-state index contributed by atoms with van der Waals surface area (Å²) in [6.07, 6.45) is 48.9. The topological polar surface area (TPSA) is 232 Å². The normalized spacial score (nSPS) is 13.8. The number of nitrogens with one attached hydrogen (secondary N) is 5. The van der Waals surface area contributed by atoms with Crippen LogP contribution in [0.4, 0.5) is 9.59 Å². The Labute approximate surface area is 655 Å². The number of carbonyl (C=O) groups is 5. The van der Waals surface area contributed by atoms with Crippen molar-refractivity contribution < 1.29 is 52.4 Å². The quantitative estimate of drug-likeness (QED) is 0.0262. The van der Waals surface area contributed by atoms with Gasteiger partial charge in [0.15, 0.2) is 0 Å². The number of aryl methyl sites for hydroxylation is 1. The Kier molecular flexibility index (Phi) is 53.5. The molecule has 0 saturated heterocycles. The van der Waals surface area contributed by atoms with Crippen LogP contribution in [-0.4, -0.2) is 128 Å². The van der Waals surface area contributed by atoms with Gasteiger partial charge >= 0.3 is 12.2 Å². The predicted octanol–water partition coefficient (Wildman–Crippen LogP) is 21.4. The summed E-state index contributed by atoms with van der Waals surface area (Å²) in [6.45, 7) is 21.8. The molecule has 0 bridgehead atoms. The van der Waals surface area contributed by atoms with Crippen LogP contribution in [0.2, 0.25) is 0 Å². The van der Waals surface area contributed by atoms with Gasteiger partial charge in [-0.3, -0.25) is 14.4 Å². The summed E-state index contributed by atoms with van der Waals surface area (Å²) in [4.78, 5) is 64.2. The van der Waals surface area contributed by atoms with Gasteiger partial charge in [0, 0.05) is 88.2 Å². The Balaban J connectivity index is 1.03. The molecule has 0 spiro atoms. The Morgan fingerprint density at radius 3 is 1.46 bits per heavy atom. The average molecular weight is 1510 g/mol. The van der Waals surface area contributed by atoms with Gasteiger partial charge < -0.3 is 55.0 Å². The number of ether oxygens (including phenoxy) is 6. The number of benzene rings is 2. The summed E-state index contributed by atoms with van der Waals surface area (Å²) in [5.41, 5.74) is 4.59. The monoisotopic (exact) mass is 1510 g/mol. The Morgan fingerprint density at radius 1 is 0.463 bits per heavy atom. The standard InChI is InChI=1S/C89H154N8O11/c1-9-13-15-17-19-21-23-25-27-29-30-32-34-36-38-53-69-103-74(5)85(104-70-54-39-37-35-33-31-28-26-24-22-20-18-16-14-10-2)108-87(102)94-65-51-40-43-60-81(99)91-66-62-88(6,7)105-71-63-89(8,11-3)106-72-67-92-82(100)61-44-41-50-64-93-86(101)107-79-73-75-55-46-47-56-76(75)83-84(78-58-49-48-57-77(78)79)97(96-95-83)68-52-42-45-59-80(98)90-12-4/h46-49,55-58,74,79,85H,9-45,50-54,59-73H2,1-8H3,(H,90,98)(H,91,99)(H,92,100)(H,93,101)(H,94,102). The van der Waals surface area contributed by atoms with Crippen LogP contribution in [0.3, 0.4) is 0 Å². The van der Waals surface area contributed by atoms with Crippen molar-refractivity contribution in [3.05, 3.63) is 59.7 Å². The zero-order valence-corrected chi connectivity index (χ0v) is 69.5. The molecule has 1 aromatic heterocycles. The van der Waals surface area contributed by atoms with Gasteiger partial charge in [-0.1, -0.05) is 280 Å². The number of aromatic nitrogens is 3. The van der Waals surface area contributed by atoms with Crippen molar-refractivity contribution in [3.63, 3.8) is 0 Å². The summed E-state index contributed by atoms with van der Waals surface area (Å²) in [5, 5.41) is 24.1. The smallest absolute Gasteiger partial charge is 0.409 e. The van der Waals surface area contributed by atoms with Crippen molar-refractivity contribution in [1.29, 1.82) is 0 Å². The third-order valence-corrected chi connectivity index (χ3v) is 21.4. The van der Waals surface area contributed by atoms with Gasteiger partial charge in [-0.05, 0) is 111 Å². The summed E-state index contributed by atoms with van der Waals surface area (Å²) >= 11 is 0. The number of rotatable bonds is 69. The molecule has 19 heteroatoms. The van der Waals surface area contributed by atoms with E-state index in [0.717, 1.165) is 104 Å². The third kappa shape index (κ3) is 44.4. The van der Waals surface area contributed by atoms with Crippen molar-refractivity contribution in [3.8, 4) is 22.5 Å². The third-order valence-electron chi connectivity index (χ3n) is 21.4. The molecule has 3 aromatic rings. The van der Waals surface area contributed by atoms with Crippen molar-refractivity contribution in [1.82, 2.24) is 41.6 Å². The zero-order valence-electron chi connectivity index (χ0n) is 69.5. The Hall–Kier alpha value is -5.63. The van der Waals surface area contributed by atoms with Crippen molar-refractivity contribution in [2.45, 2.75) is 393 Å². The van der Waals surface area contributed by atoms with E-state index in [4.69, 9.17) is 28.4 Å². The molecule has 1 aliphatic carbocycles. The molecule has 5 N–H and O–H groups in total. The van der Waals surface area contributed by atoms with E-state index >= 15 is 0 Å². The summed E-state index contributed by atoms with van der Waals surface area (Å²) < 4.78 is 39.1. The number of hydrogen-bond donors (Lipinski definition) is 5. The average Bonchev–Trinajstić information content (AvgIpc) is 1.51. The van der Waals surface area contributed by atoms with Crippen LogP contribution < -0.4 is 26.6 Å². The second kappa shape index (κ2) is 61.0. The highest BCUT2D eigenvalue weighted by Gasteiger charge is 2.31. The van der Waals surface area contributed by atoms with Crippen LogP contribution >= 0.6 is 0 Å².